The van der Waals surface area contributed by atoms with Gasteiger partial charge in [-0.15, -0.1) is 0 Å². The van der Waals surface area contributed by atoms with E-state index in [0.29, 0.717) is 6.61 Å². The van der Waals surface area contributed by atoms with E-state index < -0.39 is 0 Å². The van der Waals surface area contributed by atoms with E-state index in [1.165, 1.54) is 7.11 Å². The first-order chi connectivity index (χ1) is 5.96. The first-order valence-corrected chi connectivity index (χ1v) is 4.38. The molecule has 0 aromatic carbocycles. The van der Waals surface area contributed by atoms with Crippen LogP contribution in [0.25, 0.3) is 0 Å². The van der Waals surface area contributed by atoms with Gasteiger partial charge in [-0.1, -0.05) is 0 Å². The number of rotatable bonds is 1. The summed E-state index contributed by atoms with van der Waals surface area (Å²) in [6.45, 7) is 5.18. The average molecular weight is 187 g/mol. The number of hydrogen-bond acceptors (Lipinski definition) is 4. The molecule has 1 aliphatic heterocycles. The molecule has 0 amide bonds. The molecule has 1 aliphatic rings. The lowest BCUT2D eigenvalue weighted by molar-refractivity contribution is -0.162. The quantitative estimate of drug-likeness (QED) is 0.552. The molecular weight excluding hydrogens is 170 g/mol. The summed E-state index contributed by atoms with van der Waals surface area (Å²) in [6, 6.07) is -0.252. The Morgan fingerprint density at radius 3 is 2.69 bits per heavy atom. The van der Waals surface area contributed by atoms with Gasteiger partial charge in [0.2, 0.25) is 0 Å². The SMILES string of the molecule is COC(=O)C1COC(C)(C)CN1C. The van der Waals surface area contributed by atoms with E-state index in [1.54, 1.807) is 0 Å². The Morgan fingerprint density at radius 2 is 2.23 bits per heavy atom. The Balaban J connectivity index is 2.58. The van der Waals surface area contributed by atoms with Crippen LogP contribution in [0, 0.1) is 0 Å². The lowest BCUT2D eigenvalue weighted by Crippen LogP contribution is -2.55. The zero-order chi connectivity index (χ0) is 10.1. The molecule has 4 nitrogen and oxygen atoms in total. The van der Waals surface area contributed by atoms with Crippen LogP contribution in [0.3, 0.4) is 0 Å². The highest BCUT2D eigenvalue weighted by Gasteiger charge is 2.35. The van der Waals surface area contributed by atoms with Crippen LogP contribution in [0.5, 0.6) is 0 Å². The molecule has 1 atom stereocenters. The van der Waals surface area contributed by atoms with Gasteiger partial charge in [-0.3, -0.25) is 9.69 Å². The van der Waals surface area contributed by atoms with E-state index in [2.05, 4.69) is 4.74 Å². The van der Waals surface area contributed by atoms with Gasteiger partial charge < -0.3 is 9.47 Å². The molecule has 0 bridgehead atoms. The second kappa shape index (κ2) is 3.64. The van der Waals surface area contributed by atoms with Crippen molar-refractivity contribution in [2.75, 3.05) is 27.3 Å². The number of carbonyl (C=O) groups excluding carboxylic acids is 1. The maximum atomic E-state index is 11.2. The fourth-order valence-corrected chi connectivity index (χ4v) is 1.57. The summed E-state index contributed by atoms with van der Waals surface area (Å²) in [5, 5.41) is 0. The molecule has 0 spiro atoms. The molecule has 0 saturated carbocycles. The fraction of sp³-hybridized carbons (Fsp3) is 0.889. The second-order valence-electron chi connectivity index (χ2n) is 4.02. The number of morpholine rings is 1. The normalized spacial score (nSPS) is 28.5. The molecule has 4 heteroatoms. The first-order valence-electron chi connectivity index (χ1n) is 4.38. The Hall–Kier alpha value is -0.610. The summed E-state index contributed by atoms with van der Waals surface area (Å²) >= 11 is 0. The number of nitrogens with zero attached hydrogens (tertiary/aromatic N) is 1. The molecule has 1 rings (SSSR count). The van der Waals surface area contributed by atoms with Crippen LogP contribution in [-0.4, -0.2) is 49.8 Å². The Morgan fingerprint density at radius 1 is 1.62 bits per heavy atom. The summed E-state index contributed by atoms with van der Waals surface area (Å²) in [7, 11) is 3.31. The summed E-state index contributed by atoms with van der Waals surface area (Å²) in [6.07, 6.45) is 0. The number of carbonyl (C=O) groups is 1. The first kappa shape index (κ1) is 10.5. The summed E-state index contributed by atoms with van der Waals surface area (Å²) < 4.78 is 10.2. The van der Waals surface area contributed by atoms with Gasteiger partial charge in [0.25, 0.3) is 0 Å². The predicted molar refractivity (Wildman–Crippen MR) is 48.5 cm³/mol. The van der Waals surface area contributed by atoms with Gasteiger partial charge >= 0.3 is 5.97 Å². The Kier molecular flexibility index (Phi) is 2.93. The molecule has 1 heterocycles. The molecule has 0 N–H and O–H groups in total. The van der Waals surface area contributed by atoms with Gasteiger partial charge in [0.1, 0.15) is 6.04 Å². The molecule has 0 aromatic rings. The maximum absolute atomic E-state index is 11.2. The van der Waals surface area contributed by atoms with Crippen molar-refractivity contribution in [2.24, 2.45) is 0 Å². The van der Waals surface area contributed by atoms with Crippen LogP contribution in [0.1, 0.15) is 13.8 Å². The van der Waals surface area contributed by atoms with E-state index in [4.69, 9.17) is 4.74 Å². The number of esters is 1. The van der Waals surface area contributed by atoms with Crippen LogP contribution >= 0.6 is 0 Å². The molecule has 0 aliphatic carbocycles. The van der Waals surface area contributed by atoms with E-state index >= 15 is 0 Å². The predicted octanol–water partition coefficient (Wildman–Crippen LogP) is 0.269. The van der Waals surface area contributed by atoms with Crippen LogP contribution in [0.15, 0.2) is 0 Å². The standard InChI is InChI=1S/C9H17NO3/c1-9(2)6-10(3)7(5-13-9)8(11)12-4/h7H,5-6H2,1-4H3. The summed E-state index contributed by atoms with van der Waals surface area (Å²) in [5.41, 5.74) is -0.167. The van der Waals surface area contributed by atoms with E-state index in [1.807, 2.05) is 25.8 Å². The smallest absolute Gasteiger partial charge is 0.325 e. The van der Waals surface area contributed by atoms with Crippen LogP contribution in [0.2, 0.25) is 0 Å². The van der Waals surface area contributed by atoms with Crippen molar-refractivity contribution in [1.82, 2.24) is 4.90 Å². The van der Waals surface area contributed by atoms with Crippen molar-refractivity contribution < 1.29 is 14.3 Å². The second-order valence-corrected chi connectivity index (χ2v) is 4.02. The van der Waals surface area contributed by atoms with Crippen molar-refractivity contribution in [3.8, 4) is 0 Å². The van der Waals surface area contributed by atoms with E-state index in [-0.39, 0.29) is 17.6 Å². The molecule has 0 radical (unpaired) electrons. The van der Waals surface area contributed by atoms with E-state index in [0.717, 1.165) is 6.54 Å². The largest absolute Gasteiger partial charge is 0.468 e. The number of methoxy groups -OCH3 is 1. The molecular formula is C9H17NO3. The third kappa shape index (κ3) is 2.42. The lowest BCUT2D eigenvalue weighted by Gasteiger charge is -2.40. The molecule has 1 unspecified atom stereocenters. The van der Waals surface area contributed by atoms with Crippen molar-refractivity contribution in [2.45, 2.75) is 25.5 Å². The third-order valence-corrected chi connectivity index (χ3v) is 2.27. The molecule has 13 heavy (non-hydrogen) atoms. The highest BCUT2D eigenvalue weighted by molar-refractivity contribution is 5.75. The van der Waals surface area contributed by atoms with Gasteiger partial charge in [-0.25, -0.2) is 0 Å². The van der Waals surface area contributed by atoms with Gasteiger partial charge in [-0.2, -0.15) is 0 Å². The zero-order valence-electron chi connectivity index (χ0n) is 8.66. The molecule has 1 fully saturated rings. The highest BCUT2D eigenvalue weighted by Crippen LogP contribution is 2.19. The summed E-state index contributed by atoms with van der Waals surface area (Å²) in [4.78, 5) is 13.2. The zero-order valence-corrected chi connectivity index (χ0v) is 8.66. The van der Waals surface area contributed by atoms with Gasteiger partial charge in [0, 0.05) is 6.54 Å². The maximum Gasteiger partial charge on any atom is 0.325 e. The average Bonchev–Trinajstić information content (AvgIpc) is 2.01. The monoisotopic (exact) mass is 187 g/mol. The van der Waals surface area contributed by atoms with Crippen molar-refractivity contribution in [3.05, 3.63) is 0 Å². The van der Waals surface area contributed by atoms with Crippen molar-refractivity contribution in [1.29, 1.82) is 0 Å². The third-order valence-electron chi connectivity index (χ3n) is 2.27. The number of likely N-dealkylation sites (N-methyl/N-ethyl adjacent to an activating group) is 1. The number of ether oxygens (including phenoxy) is 2. The molecule has 76 valence electrons. The minimum absolute atomic E-state index is 0.167. The molecule has 0 aromatic heterocycles. The van der Waals surface area contributed by atoms with E-state index in [9.17, 15) is 4.79 Å². The summed E-state index contributed by atoms with van der Waals surface area (Å²) in [5.74, 6) is -0.224. The minimum Gasteiger partial charge on any atom is -0.468 e. The molecule has 1 saturated heterocycles. The minimum atomic E-state index is -0.252. The van der Waals surface area contributed by atoms with Gasteiger partial charge in [-0.05, 0) is 20.9 Å². The number of hydrogen-bond donors (Lipinski definition) is 0. The Labute approximate surface area is 78.8 Å². The van der Waals surface area contributed by atoms with Crippen molar-refractivity contribution >= 4 is 5.97 Å². The van der Waals surface area contributed by atoms with Crippen LogP contribution < -0.4 is 0 Å². The topological polar surface area (TPSA) is 38.8 Å². The van der Waals surface area contributed by atoms with Crippen molar-refractivity contribution in [3.63, 3.8) is 0 Å². The van der Waals surface area contributed by atoms with Gasteiger partial charge in [0.05, 0.1) is 19.3 Å². The lowest BCUT2D eigenvalue weighted by atomic mass is 10.1. The Bertz CT molecular complexity index is 203. The highest BCUT2D eigenvalue weighted by atomic mass is 16.5. The van der Waals surface area contributed by atoms with Gasteiger partial charge in [0.15, 0.2) is 0 Å². The van der Waals surface area contributed by atoms with Crippen LogP contribution in [-0.2, 0) is 14.3 Å². The fourth-order valence-electron chi connectivity index (χ4n) is 1.57. The van der Waals surface area contributed by atoms with Crippen LogP contribution in [0.4, 0.5) is 0 Å².